The van der Waals surface area contributed by atoms with Crippen molar-refractivity contribution in [1.82, 2.24) is 4.90 Å². The van der Waals surface area contributed by atoms with Crippen molar-refractivity contribution in [2.75, 3.05) is 18.4 Å². The summed E-state index contributed by atoms with van der Waals surface area (Å²) in [6.07, 6.45) is 0.974. The van der Waals surface area contributed by atoms with Crippen LogP contribution in [0.15, 0.2) is 42.5 Å². The molecule has 1 heterocycles. The molecule has 1 N–H and O–H groups in total. The Morgan fingerprint density at radius 3 is 2.68 bits per heavy atom. The number of hydrogen-bond acceptors (Lipinski definition) is 2. The SMILES string of the molecule is O=C(CN1CCc2ccccc2C1)Nc1cccc(Cl)c1Cl. The molecule has 2 aromatic carbocycles. The normalized spacial score (nSPS) is 14.5. The quantitative estimate of drug-likeness (QED) is 0.920. The molecule has 0 aromatic heterocycles. The van der Waals surface area contributed by atoms with Crippen LogP contribution in [0.25, 0.3) is 0 Å². The summed E-state index contributed by atoms with van der Waals surface area (Å²) in [4.78, 5) is 14.3. The average Bonchev–Trinajstić information content (AvgIpc) is 2.52. The van der Waals surface area contributed by atoms with Crippen LogP contribution in [0, 0.1) is 0 Å². The molecule has 0 atom stereocenters. The molecule has 0 radical (unpaired) electrons. The number of nitrogens with zero attached hydrogens (tertiary/aromatic N) is 1. The first-order valence-electron chi connectivity index (χ1n) is 7.16. The highest BCUT2D eigenvalue weighted by atomic mass is 35.5. The number of amides is 1. The van der Waals surface area contributed by atoms with E-state index >= 15 is 0 Å². The molecule has 0 spiro atoms. The van der Waals surface area contributed by atoms with Crippen molar-refractivity contribution in [3.8, 4) is 0 Å². The number of rotatable bonds is 3. The van der Waals surface area contributed by atoms with Gasteiger partial charge in [0.25, 0.3) is 0 Å². The molecule has 1 aliphatic rings. The number of anilines is 1. The molecule has 0 saturated heterocycles. The van der Waals surface area contributed by atoms with E-state index in [0.717, 1.165) is 19.5 Å². The maximum Gasteiger partial charge on any atom is 0.238 e. The van der Waals surface area contributed by atoms with E-state index in [2.05, 4.69) is 28.4 Å². The van der Waals surface area contributed by atoms with Gasteiger partial charge in [0.15, 0.2) is 0 Å². The molecular formula is C17H16Cl2N2O. The molecule has 0 aliphatic carbocycles. The van der Waals surface area contributed by atoms with Gasteiger partial charge in [-0.25, -0.2) is 0 Å². The van der Waals surface area contributed by atoms with Crippen molar-refractivity contribution in [1.29, 1.82) is 0 Å². The van der Waals surface area contributed by atoms with E-state index in [1.165, 1.54) is 11.1 Å². The van der Waals surface area contributed by atoms with Crippen LogP contribution in [-0.4, -0.2) is 23.9 Å². The highest BCUT2D eigenvalue weighted by Gasteiger charge is 2.18. The second kappa shape index (κ2) is 6.69. The average molecular weight is 335 g/mol. The van der Waals surface area contributed by atoms with Gasteiger partial charge in [-0.2, -0.15) is 0 Å². The monoisotopic (exact) mass is 334 g/mol. The van der Waals surface area contributed by atoms with Gasteiger partial charge in [0.2, 0.25) is 5.91 Å². The molecule has 0 bridgehead atoms. The number of halogens is 2. The molecule has 0 unspecified atom stereocenters. The maximum absolute atomic E-state index is 12.2. The Labute approximate surface area is 139 Å². The summed E-state index contributed by atoms with van der Waals surface area (Å²) in [7, 11) is 0. The van der Waals surface area contributed by atoms with Crippen molar-refractivity contribution in [2.45, 2.75) is 13.0 Å². The van der Waals surface area contributed by atoms with Crippen LogP contribution in [0.4, 0.5) is 5.69 Å². The lowest BCUT2D eigenvalue weighted by molar-refractivity contribution is -0.117. The Hall–Kier alpha value is -1.55. The minimum atomic E-state index is -0.0800. The lowest BCUT2D eigenvalue weighted by Gasteiger charge is -2.28. The van der Waals surface area contributed by atoms with Crippen molar-refractivity contribution in [3.63, 3.8) is 0 Å². The summed E-state index contributed by atoms with van der Waals surface area (Å²) in [5, 5.41) is 3.64. The van der Waals surface area contributed by atoms with Crippen LogP contribution in [-0.2, 0) is 17.8 Å². The summed E-state index contributed by atoms with van der Waals surface area (Å²) in [5.74, 6) is -0.0800. The third kappa shape index (κ3) is 3.43. The van der Waals surface area contributed by atoms with Crippen LogP contribution in [0.1, 0.15) is 11.1 Å². The second-order valence-corrected chi connectivity index (χ2v) is 6.16. The summed E-state index contributed by atoms with van der Waals surface area (Å²) >= 11 is 12.0. The van der Waals surface area contributed by atoms with Gasteiger partial charge in [0.1, 0.15) is 0 Å². The van der Waals surface area contributed by atoms with Gasteiger partial charge < -0.3 is 5.32 Å². The molecule has 3 rings (SSSR count). The number of benzene rings is 2. The molecule has 22 heavy (non-hydrogen) atoms. The number of carbonyl (C=O) groups is 1. The summed E-state index contributed by atoms with van der Waals surface area (Å²) < 4.78 is 0. The Bertz CT molecular complexity index is 703. The second-order valence-electron chi connectivity index (χ2n) is 5.38. The van der Waals surface area contributed by atoms with Crippen LogP contribution >= 0.6 is 23.2 Å². The smallest absolute Gasteiger partial charge is 0.238 e. The fourth-order valence-electron chi connectivity index (χ4n) is 2.68. The molecule has 114 valence electrons. The van der Waals surface area contributed by atoms with E-state index in [4.69, 9.17) is 23.2 Å². The van der Waals surface area contributed by atoms with E-state index in [0.29, 0.717) is 22.3 Å². The highest BCUT2D eigenvalue weighted by Crippen LogP contribution is 2.29. The predicted molar refractivity (Wildman–Crippen MR) is 90.5 cm³/mol. The van der Waals surface area contributed by atoms with Crippen LogP contribution in [0.5, 0.6) is 0 Å². The number of hydrogen-bond donors (Lipinski definition) is 1. The zero-order valence-electron chi connectivity index (χ0n) is 12.0. The van der Waals surface area contributed by atoms with Crippen molar-refractivity contribution < 1.29 is 4.79 Å². The molecule has 0 fully saturated rings. The molecule has 2 aromatic rings. The maximum atomic E-state index is 12.2. The first-order chi connectivity index (χ1) is 10.6. The standard InChI is InChI=1S/C17H16Cl2N2O/c18-14-6-3-7-15(17(14)19)20-16(22)11-21-9-8-12-4-1-2-5-13(12)10-21/h1-7H,8-11H2,(H,20,22). The van der Waals surface area contributed by atoms with Gasteiger partial charge in [-0.15, -0.1) is 0 Å². The molecular weight excluding hydrogens is 319 g/mol. The first-order valence-corrected chi connectivity index (χ1v) is 7.92. The van der Waals surface area contributed by atoms with E-state index in [9.17, 15) is 4.79 Å². The van der Waals surface area contributed by atoms with Gasteiger partial charge in [-0.05, 0) is 29.7 Å². The van der Waals surface area contributed by atoms with E-state index in [1.807, 2.05) is 6.07 Å². The van der Waals surface area contributed by atoms with E-state index in [-0.39, 0.29) is 5.91 Å². The Kier molecular flexibility index (Phi) is 4.67. The van der Waals surface area contributed by atoms with E-state index in [1.54, 1.807) is 18.2 Å². The van der Waals surface area contributed by atoms with Crippen molar-refractivity contribution in [2.24, 2.45) is 0 Å². The van der Waals surface area contributed by atoms with E-state index < -0.39 is 0 Å². The fourth-order valence-corrected chi connectivity index (χ4v) is 3.03. The first kappa shape index (κ1) is 15.3. The van der Waals surface area contributed by atoms with Crippen LogP contribution in [0.2, 0.25) is 10.0 Å². The van der Waals surface area contributed by atoms with Gasteiger partial charge in [-0.1, -0.05) is 53.5 Å². The largest absolute Gasteiger partial charge is 0.324 e. The number of fused-ring (bicyclic) bond motifs is 1. The summed E-state index contributed by atoms with van der Waals surface area (Å²) in [5.41, 5.74) is 3.22. The third-order valence-electron chi connectivity index (χ3n) is 3.80. The van der Waals surface area contributed by atoms with Crippen molar-refractivity contribution >= 4 is 34.8 Å². The van der Waals surface area contributed by atoms with Gasteiger partial charge in [0, 0.05) is 13.1 Å². The minimum Gasteiger partial charge on any atom is -0.324 e. The summed E-state index contributed by atoms with van der Waals surface area (Å²) in [6, 6.07) is 13.6. The lowest BCUT2D eigenvalue weighted by atomic mass is 10.00. The van der Waals surface area contributed by atoms with Crippen LogP contribution in [0.3, 0.4) is 0 Å². The van der Waals surface area contributed by atoms with Gasteiger partial charge in [-0.3, -0.25) is 9.69 Å². The molecule has 0 saturated carbocycles. The Balaban J connectivity index is 1.62. The molecule has 5 heteroatoms. The Morgan fingerprint density at radius 1 is 1.09 bits per heavy atom. The van der Waals surface area contributed by atoms with Crippen molar-refractivity contribution in [3.05, 3.63) is 63.6 Å². The number of nitrogens with one attached hydrogen (secondary N) is 1. The lowest BCUT2D eigenvalue weighted by Crippen LogP contribution is -2.37. The fraction of sp³-hybridized carbons (Fsp3) is 0.235. The molecule has 1 aliphatic heterocycles. The van der Waals surface area contributed by atoms with Gasteiger partial charge >= 0.3 is 0 Å². The van der Waals surface area contributed by atoms with Gasteiger partial charge in [0.05, 0.1) is 22.3 Å². The highest BCUT2D eigenvalue weighted by molar-refractivity contribution is 6.43. The molecule has 3 nitrogen and oxygen atoms in total. The molecule has 1 amide bonds. The third-order valence-corrected chi connectivity index (χ3v) is 4.62. The zero-order valence-corrected chi connectivity index (χ0v) is 13.5. The zero-order chi connectivity index (χ0) is 15.5. The minimum absolute atomic E-state index is 0.0800. The number of carbonyl (C=O) groups excluding carboxylic acids is 1. The predicted octanol–water partition coefficient (Wildman–Crippen LogP) is 3.99. The Morgan fingerprint density at radius 2 is 1.86 bits per heavy atom. The van der Waals surface area contributed by atoms with Crippen LogP contribution < -0.4 is 5.32 Å². The summed E-state index contributed by atoms with van der Waals surface area (Å²) in [6.45, 7) is 2.03. The topological polar surface area (TPSA) is 32.3 Å².